The third-order valence-corrected chi connectivity index (χ3v) is 5.23. The molecule has 2 saturated heterocycles. The molecule has 1 N–H and O–H groups in total. The fourth-order valence-electron chi connectivity index (χ4n) is 3.75. The molecule has 3 rings (SSSR count). The summed E-state index contributed by atoms with van der Waals surface area (Å²) in [5.41, 5.74) is 1.40. The maximum atomic E-state index is 6.01. The number of hydrogen-bond acceptors (Lipinski definition) is 3. The topological polar surface area (TPSA) is 18.5 Å². The smallest absolute Gasteiger partial charge is 0.0406 e. The van der Waals surface area contributed by atoms with Gasteiger partial charge in [-0.15, -0.1) is 12.4 Å². The van der Waals surface area contributed by atoms with Gasteiger partial charge in [-0.1, -0.05) is 30.7 Å². The number of nitrogens with zero attached hydrogens (tertiary/aromatic N) is 2. The lowest BCUT2D eigenvalue weighted by Crippen LogP contribution is -2.51. The van der Waals surface area contributed by atoms with Gasteiger partial charge < -0.3 is 5.32 Å². The van der Waals surface area contributed by atoms with Crippen molar-refractivity contribution in [2.45, 2.75) is 31.8 Å². The van der Waals surface area contributed by atoms with E-state index in [1.54, 1.807) is 0 Å². The van der Waals surface area contributed by atoms with Crippen molar-refractivity contribution in [1.29, 1.82) is 0 Å². The van der Waals surface area contributed by atoms with Crippen LogP contribution in [0.2, 0.25) is 5.02 Å². The molecule has 0 bridgehead atoms. The Hall–Kier alpha value is -0.320. The zero-order valence-corrected chi connectivity index (χ0v) is 14.9. The van der Waals surface area contributed by atoms with Gasteiger partial charge in [0.25, 0.3) is 0 Å². The number of hydrogen-bond donors (Lipinski definition) is 1. The van der Waals surface area contributed by atoms with Gasteiger partial charge in [0.1, 0.15) is 0 Å². The van der Waals surface area contributed by atoms with Gasteiger partial charge in [-0.2, -0.15) is 0 Å². The van der Waals surface area contributed by atoms with Crippen LogP contribution in [-0.2, 0) is 0 Å². The molecule has 1 aromatic rings. The third-order valence-electron chi connectivity index (χ3n) is 4.98. The van der Waals surface area contributed by atoms with Crippen LogP contribution in [0.3, 0.4) is 0 Å². The van der Waals surface area contributed by atoms with Crippen LogP contribution in [0.15, 0.2) is 24.3 Å². The molecule has 2 aliphatic rings. The Morgan fingerprint density at radius 1 is 1.18 bits per heavy atom. The summed E-state index contributed by atoms with van der Waals surface area (Å²) in [6.07, 6.45) is 2.47. The lowest BCUT2D eigenvalue weighted by atomic mass is 10.0. The fourth-order valence-corrected chi connectivity index (χ4v) is 3.88. The summed E-state index contributed by atoms with van der Waals surface area (Å²) in [5.74, 6) is 0. The molecule has 0 spiro atoms. The highest BCUT2D eigenvalue weighted by molar-refractivity contribution is 6.30. The molecule has 2 fully saturated rings. The van der Waals surface area contributed by atoms with Gasteiger partial charge >= 0.3 is 0 Å². The molecule has 0 aromatic heterocycles. The van der Waals surface area contributed by atoms with Crippen LogP contribution in [0, 0.1) is 0 Å². The summed E-state index contributed by atoms with van der Waals surface area (Å²) in [6, 6.07) is 9.70. The molecule has 0 aliphatic carbocycles. The molecule has 0 radical (unpaired) electrons. The Bertz CT molecular complexity index is 438. The number of rotatable bonds is 4. The molecule has 2 heterocycles. The van der Waals surface area contributed by atoms with Crippen molar-refractivity contribution in [2.75, 3.05) is 39.3 Å². The van der Waals surface area contributed by atoms with E-state index in [0.29, 0.717) is 6.04 Å². The van der Waals surface area contributed by atoms with E-state index < -0.39 is 0 Å². The second-order valence-electron chi connectivity index (χ2n) is 6.19. The fraction of sp³-hybridized carbons (Fsp3) is 0.647. The molecule has 5 heteroatoms. The highest BCUT2D eigenvalue weighted by Gasteiger charge is 2.28. The van der Waals surface area contributed by atoms with Crippen molar-refractivity contribution in [3.8, 4) is 0 Å². The van der Waals surface area contributed by atoms with Gasteiger partial charge in [-0.25, -0.2) is 0 Å². The normalized spacial score (nSPS) is 24.9. The first kappa shape index (κ1) is 18.0. The van der Waals surface area contributed by atoms with Crippen LogP contribution in [0.4, 0.5) is 0 Å². The van der Waals surface area contributed by atoms with Gasteiger partial charge in [0.15, 0.2) is 0 Å². The van der Waals surface area contributed by atoms with Gasteiger partial charge in [0.2, 0.25) is 0 Å². The van der Waals surface area contributed by atoms with Crippen LogP contribution in [-0.4, -0.2) is 55.1 Å². The highest BCUT2D eigenvalue weighted by atomic mass is 35.5. The van der Waals surface area contributed by atoms with Crippen molar-refractivity contribution in [2.24, 2.45) is 0 Å². The van der Waals surface area contributed by atoms with E-state index in [4.69, 9.17) is 11.6 Å². The number of nitrogens with one attached hydrogen (secondary N) is 1. The number of piperazine rings is 1. The van der Waals surface area contributed by atoms with Crippen LogP contribution < -0.4 is 5.32 Å². The standard InChI is InChI=1S/C17H26ClN3.ClH/c1-2-17(14-3-5-15(18)6-4-14)21-11-9-20(10-12-21)16-7-8-19-13-16;/h3-6,16-17,19H,2,7-13H2,1H3;1H. The van der Waals surface area contributed by atoms with E-state index in [9.17, 15) is 0 Å². The lowest BCUT2D eigenvalue weighted by Gasteiger charge is -2.41. The van der Waals surface area contributed by atoms with E-state index in [1.165, 1.54) is 51.3 Å². The van der Waals surface area contributed by atoms with Crippen molar-refractivity contribution < 1.29 is 0 Å². The number of halogens is 2. The molecule has 2 unspecified atom stereocenters. The van der Waals surface area contributed by atoms with Gasteiger partial charge in [0.05, 0.1) is 0 Å². The average molecular weight is 344 g/mol. The predicted molar refractivity (Wildman–Crippen MR) is 96.2 cm³/mol. The van der Waals surface area contributed by atoms with Crippen LogP contribution in [0.25, 0.3) is 0 Å². The van der Waals surface area contributed by atoms with Crippen molar-refractivity contribution >= 4 is 24.0 Å². The van der Waals surface area contributed by atoms with Gasteiger partial charge in [0, 0.05) is 49.8 Å². The summed E-state index contributed by atoms with van der Waals surface area (Å²) < 4.78 is 0. The minimum atomic E-state index is 0. The summed E-state index contributed by atoms with van der Waals surface area (Å²) in [6.45, 7) is 9.41. The Morgan fingerprint density at radius 2 is 1.86 bits per heavy atom. The van der Waals surface area contributed by atoms with E-state index in [1.807, 2.05) is 12.1 Å². The van der Waals surface area contributed by atoms with E-state index >= 15 is 0 Å². The Balaban J connectivity index is 0.00000176. The molecule has 124 valence electrons. The molecule has 2 atom stereocenters. The zero-order valence-electron chi connectivity index (χ0n) is 13.3. The minimum Gasteiger partial charge on any atom is -0.315 e. The average Bonchev–Trinajstić information content (AvgIpc) is 3.05. The maximum absolute atomic E-state index is 6.01. The largest absolute Gasteiger partial charge is 0.315 e. The van der Waals surface area contributed by atoms with Crippen LogP contribution >= 0.6 is 24.0 Å². The summed E-state index contributed by atoms with van der Waals surface area (Å²) in [5, 5.41) is 4.30. The molecule has 1 aromatic carbocycles. The second-order valence-corrected chi connectivity index (χ2v) is 6.63. The zero-order chi connectivity index (χ0) is 14.7. The molecule has 0 amide bonds. The summed E-state index contributed by atoms with van der Waals surface area (Å²) in [7, 11) is 0. The van der Waals surface area contributed by atoms with Crippen molar-refractivity contribution in [3.63, 3.8) is 0 Å². The minimum absolute atomic E-state index is 0. The first-order chi connectivity index (χ1) is 10.3. The van der Waals surface area contributed by atoms with Crippen LogP contribution in [0.1, 0.15) is 31.4 Å². The van der Waals surface area contributed by atoms with Gasteiger partial charge in [-0.05, 0) is 37.1 Å². The first-order valence-electron chi connectivity index (χ1n) is 8.22. The molecular weight excluding hydrogens is 317 g/mol. The van der Waals surface area contributed by atoms with Crippen molar-refractivity contribution in [1.82, 2.24) is 15.1 Å². The summed E-state index contributed by atoms with van der Waals surface area (Å²) in [4.78, 5) is 5.31. The molecule has 3 nitrogen and oxygen atoms in total. The molecule has 0 saturated carbocycles. The quantitative estimate of drug-likeness (QED) is 0.905. The monoisotopic (exact) mass is 343 g/mol. The molecule has 22 heavy (non-hydrogen) atoms. The predicted octanol–water partition coefficient (Wildman–Crippen LogP) is 3.19. The third kappa shape index (κ3) is 4.15. The number of benzene rings is 1. The van der Waals surface area contributed by atoms with Gasteiger partial charge in [-0.3, -0.25) is 9.80 Å². The Kier molecular flexibility index (Phi) is 6.97. The SMILES string of the molecule is CCC(c1ccc(Cl)cc1)N1CCN(C2CCNC2)CC1.Cl. The molecular formula is C17H27Cl2N3. The Labute approximate surface area is 145 Å². The van der Waals surface area contributed by atoms with E-state index in [0.717, 1.165) is 17.5 Å². The second kappa shape index (κ2) is 8.51. The van der Waals surface area contributed by atoms with Crippen LogP contribution in [0.5, 0.6) is 0 Å². The van der Waals surface area contributed by atoms with E-state index in [2.05, 4.69) is 34.2 Å². The van der Waals surface area contributed by atoms with E-state index in [-0.39, 0.29) is 12.4 Å². The van der Waals surface area contributed by atoms with Crippen molar-refractivity contribution in [3.05, 3.63) is 34.9 Å². The first-order valence-corrected chi connectivity index (χ1v) is 8.60. The molecule has 2 aliphatic heterocycles. The lowest BCUT2D eigenvalue weighted by molar-refractivity contribution is 0.0720. The highest BCUT2D eigenvalue weighted by Crippen LogP contribution is 2.27. The Morgan fingerprint density at radius 3 is 2.41 bits per heavy atom. The maximum Gasteiger partial charge on any atom is 0.0406 e. The summed E-state index contributed by atoms with van der Waals surface area (Å²) >= 11 is 6.01.